The molecule has 0 unspecified atom stereocenters. The zero-order valence-electron chi connectivity index (χ0n) is 8.34. The molecule has 8 heteroatoms. The Balaban J connectivity index is 1.93. The predicted octanol–water partition coefficient (Wildman–Crippen LogP) is 1.71. The van der Waals surface area contributed by atoms with E-state index in [9.17, 15) is 13.2 Å². The summed E-state index contributed by atoms with van der Waals surface area (Å²) >= 11 is 0.520. The third-order valence-electron chi connectivity index (χ3n) is 2.67. The van der Waals surface area contributed by atoms with Crippen LogP contribution in [-0.4, -0.2) is 23.3 Å². The zero-order chi connectivity index (χ0) is 11.8. The van der Waals surface area contributed by atoms with Crippen molar-refractivity contribution in [1.82, 2.24) is 10.2 Å². The summed E-state index contributed by atoms with van der Waals surface area (Å²) in [7, 11) is 0. The number of halogens is 3. The van der Waals surface area contributed by atoms with Gasteiger partial charge in [-0.1, -0.05) is 11.3 Å². The molecule has 1 aliphatic carbocycles. The highest BCUT2D eigenvalue weighted by atomic mass is 32.1. The largest absolute Gasteiger partial charge is 0.445 e. The van der Waals surface area contributed by atoms with Gasteiger partial charge in [-0.15, -0.1) is 10.2 Å². The van der Waals surface area contributed by atoms with Crippen molar-refractivity contribution in [3.8, 4) is 0 Å². The number of nitrogens with zero attached hydrogens (tertiary/aromatic N) is 2. The first kappa shape index (κ1) is 11.6. The van der Waals surface area contributed by atoms with Crippen LogP contribution in [0.15, 0.2) is 0 Å². The topological polar surface area (TPSA) is 63.8 Å². The third kappa shape index (κ3) is 2.43. The average molecular weight is 252 g/mol. The van der Waals surface area contributed by atoms with Crippen molar-refractivity contribution in [3.05, 3.63) is 5.01 Å². The first-order chi connectivity index (χ1) is 7.45. The minimum atomic E-state index is -4.41. The number of alkyl halides is 3. The molecule has 0 spiro atoms. The van der Waals surface area contributed by atoms with Crippen molar-refractivity contribution in [2.75, 3.05) is 18.4 Å². The van der Waals surface area contributed by atoms with Crippen molar-refractivity contribution in [3.63, 3.8) is 0 Å². The molecule has 3 N–H and O–H groups in total. The van der Waals surface area contributed by atoms with Crippen LogP contribution >= 0.6 is 11.3 Å². The monoisotopic (exact) mass is 252 g/mol. The average Bonchev–Trinajstić information content (AvgIpc) is 2.83. The summed E-state index contributed by atoms with van der Waals surface area (Å²) in [5, 5.41) is 8.66. The molecule has 0 aromatic carbocycles. The molecule has 16 heavy (non-hydrogen) atoms. The highest BCUT2D eigenvalue weighted by Gasteiger charge is 2.41. The van der Waals surface area contributed by atoms with Gasteiger partial charge >= 0.3 is 6.18 Å². The van der Waals surface area contributed by atoms with E-state index in [4.69, 9.17) is 5.73 Å². The van der Waals surface area contributed by atoms with Crippen LogP contribution in [0.3, 0.4) is 0 Å². The minimum absolute atomic E-state index is 0.0596. The highest BCUT2D eigenvalue weighted by Crippen LogP contribution is 2.44. The van der Waals surface area contributed by atoms with Crippen LogP contribution in [-0.2, 0) is 6.18 Å². The van der Waals surface area contributed by atoms with Gasteiger partial charge in [0.2, 0.25) is 10.1 Å². The van der Waals surface area contributed by atoms with E-state index in [0.29, 0.717) is 24.4 Å². The lowest BCUT2D eigenvalue weighted by atomic mass is 10.1. The first-order valence-electron chi connectivity index (χ1n) is 4.80. The molecule has 90 valence electrons. The molecule has 1 saturated carbocycles. The molecule has 0 bridgehead atoms. The molecule has 1 aliphatic rings. The maximum absolute atomic E-state index is 12.2. The molecule has 4 nitrogen and oxygen atoms in total. The van der Waals surface area contributed by atoms with Gasteiger partial charge in [-0.3, -0.25) is 0 Å². The lowest BCUT2D eigenvalue weighted by Crippen LogP contribution is -2.24. The Morgan fingerprint density at radius 2 is 2.06 bits per heavy atom. The molecule has 0 atom stereocenters. The Morgan fingerprint density at radius 3 is 2.50 bits per heavy atom. The number of hydrogen-bond acceptors (Lipinski definition) is 5. The van der Waals surface area contributed by atoms with Crippen molar-refractivity contribution in [2.45, 2.75) is 19.0 Å². The Labute approximate surface area is 94.0 Å². The van der Waals surface area contributed by atoms with E-state index < -0.39 is 11.2 Å². The second-order valence-corrected chi connectivity index (χ2v) is 4.95. The highest BCUT2D eigenvalue weighted by molar-refractivity contribution is 7.15. The van der Waals surface area contributed by atoms with Crippen molar-refractivity contribution in [1.29, 1.82) is 0 Å². The molecular weight excluding hydrogens is 241 g/mol. The van der Waals surface area contributed by atoms with Gasteiger partial charge in [-0.2, -0.15) is 13.2 Å². The summed E-state index contributed by atoms with van der Waals surface area (Å²) < 4.78 is 36.6. The SMILES string of the molecule is NCC1(CNc2nnc(C(F)(F)F)s2)CC1. The maximum atomic E-state index is 12.2. The molecule has 1 fully saturated rings. The fraction of sp³-hybridized carbons (Fsp3) is 0.750. The van der Waals surface area contributed by atoms with Gasteiger partial charge in [0.15, 0.2) is 0 Å². The van der Waals surface area contributed by atoms with Crippen molar-refractivity contribution < 1.29 is 13.2 Å². The van der Waals surface area contributed by atoms with E-state index in [0.717, 1.165) is 12.8 Å². The molecule has 0 amide bonds. The van der Waals surface area contributed by atoms with Gasteiger partial charge in [0.05, 0.1) is 0 Å². The Morgan fingerprint density at radius 1 is 1.38 bits per heavy atom. The molecular formula is C8H11F3N4S. The second-order valence-electron chi connectivity index (χ2n) is 3.97. The van der Waals surface area contributed by atoms with Crippen LogP contribution in [0.25, 0.3) is 0 Å². The van der Waals surface area contributed by atoms with E-state index >= 15 is 0 Å². The Kier molecular flexibility index (Phi) is 2.79. The molecule has 0 saturated heterocycles. The van der Waals surface area contributed by atoms with Gasteiger partial charge in [-0.05, 0) is 24.8 Å². The predicted molar refractivity (Wildman–Crippen MR) is 54.1 cm³/mol. The zero-order valence-corrected chi connectivity index (χ0v) is 9.16. The number of nitrogens with two attached hydrogens (primary N) is 1. The van der Waals surface area contributed by atoms with Crippen LogP contribution in [0.4, 0.5) is 18.3 Å². The lowest BCUT2D eigenvalue weighted by Gasteiger charge is -2.11. The fourth-order valence-corrected chi connectivity index (χ4v) is 1.91. The van der Waals surface area contributed by atoms with Gasteiger partial charge in [0.1, 0.15) is 0 Å². The molecule has 1 heterocycles. The Hall–Kier alpha value is -0.890. The number of anilines is 1. The number of nitrogens with one attached hydrogen (secondary N) is 1. The molecule has 2 rings (SSSR count). The van der Waals surface area contributed by atoms with Crippen LogP contribution in [0, 0.1) is 5.41 Å². The third-order valence-corrected chi connectivity index (χ3v) is 3.60. The maximum Gasteiger partial charge on any atom is 0.445 e. The number of rotatable bonds is 4. The molecule has 1 aromatic heterocycles. The summed E-state index contributed by atoms with van der Waals surface area (Å²) in [6, 6.07) is 0. The molecule has 0 aliphatic heterocycles. The molecule has 0 radical (unpaired) electrons. The summed E-state index contributed by atoms with van der Waals surface area (Å²) in [6.07, 6.45) is -2.38. The second kappa shape index (κ2) is 3.85. The van der Waals surface area contributed by atoms with Crippen molar-refractivity contribution >= 4 is 16.5 Å². The van der Waals surface area contributed by atoms with Crippen LogP contribution in [0.1, 0.15) is 17.8 Å². The van der Waals surface area contributed by atoms with E-state index in [1.165, 1.54) is 0 Å². The summed E-state index contributed by atoms with van der Waals surface area (Å²) in [4.78, 5) is 0. The minimum Gasteiger partial charge on any atom is -0.359 e. The van der Waals surface area contributed by atoms with Crippen LogP contribution < -0.4 is 11.1 Å². The standard InChI is InChI=1S/C8H11F3N4S/c9-8(10,11)5-14-15-6(16-5)13-4-7(3-12)1-2-7/h1-4,12H2,(H,13,15). The van der Waals surface area contributed by atoms with Crippen LogP contribution in [0.2, 0.25) is 0 Å². The fourth-order valence-electron chi connectivity index (χ4n) is 1.30. The van der Waals surface area contributed by atoms with Gasteiger partial charge in [0, 0.05) is 6.54 Å². The number of hydrogen-bond donors (Lipinski definition) is 2. The van der Waals surface area contributed by atoms with Gasteiger partial charge < -0.3 is 11.1 Å². The van der Waals surface area contributed by atoms with E-state index in [-0.39, 0.29) is 10.5 Å². The van der Waals surface area contributed by atoms with Crippen LogP contribution in [0.5, 0.6) is 0 Å². The quantitative estimate of drug-likeness (QED) is 0.856. The smallest absolute Gasteiger partial charge is 0.359 e. The van der Waals surface area contributed by atoms with Crippen molar-refractivity contribution in [2.24, 2.45) is 11.1 Å². The molecule has 1 aromatic rings. The van der Waals surface area contributed by atoms with E-state index in [2.05, 4.69) is 15.5 Å². The normalized spacial score (nSPS) is 18.5. The van der Waals surface area contributed by atoms with Gasteiger partial charge in [-0.25, -0.2) is 0 Å². The van der Waals surface area contributed by atoms with E-state index in [1.54, 1.807) is 0 Å². The first-order valence-corrected chi connectivity index (χ1v) is 5.61. The summed E-state index contributed by atoms with van der Waals surface area (Å²) in [5.74, 6) is 0. The summed E-state index contributed by atoms with van der Waals surface area (Å²) in [6.45, 7) is 1.11. The summed E-state index contributed by atoms with van der Waals surface area (Å²) in [5.41, 5.74) is 5.61. The number of aromatic nitrogens is 2. The van der Waals surface area contributed by atoms with Gasteiger partial charge in [0.25, 0.3) is 0 Å². The lowest BCUT2D eigenvalue weighted by molar-refractivity contribution is -0.138. The van der Waals surface area contributed by atoms with E-state index in [1.807, 2.05) is 0 Å². The Bertz CT molecular complexity index is 372.